The number of hydrogen-bond acceptors (Lipinski definition) is 5. The van der Waals surface area contributed by atoms with Crippen molar-refractivity contribution in [2.24, 2.45) is 0 Å². The summed E-state index contributed by atoms with van der Waals surface area (Å²) in [6.07, 6.45) is 4.77. The van der Waals surface area contributed by atoms with Crippen molar-refractivity contribution in [3.05, 3.63) is 59.5 Å². The minimum absolute atomic E-state index is 0.0526. The molecule has 3 aromatic rings. The van der Waals surface area contributed by atoms with Gasteiger partial charge in [0.1, 0.15) is 22.8 Å². The van der Waals surface area contributed by atoms with Crippen LogP contribution in [-0.4, -0.2) is 20.6 Å². The number of phenolic OH excluding ortho intramolecular Hbond substituents is 2. The Balaban J connectivity index is 1.75. The number of allylic oxidation sites excluding steroid dienone is 1. The number of phenols is 2. The SMILES string of the molecule is N#CCCCn1cc(C=C2Oc3cc(O)cc(O)c3C2=O)c2ccccc21. The molecular formula is C21H16N2O4. The quantitative estimate of drug-likeness (QED) is 0.542. The number of nitriles is 1. The Bertz CT molecular complexity index is 1140. The monoisotopic (exact) mass is 360 g/mol. The molecule has 6 heteroatoms. The predicted molar refractivity (Wildman–Crippen MR) is 99.5 cm³/mol. The van der Waals surface area contributed by atoms with Gasteiger partial charge < -0.3 is 19.5 Å². The number of aromatic nitrogens is 1. The molecule has 1 aliphatic rings. The zero-order valence-corrected chi connectivity index (χ0v) is 14.3. The fourth-order valence-corrected chi connectivity index (χ4v) is 3.32. The smallest absolute Gasteiger partial charge is 0.235 e. The van der Waals surface area contributed by atoms with E-state index in [0.717, 1.165) is 29.0 Å². The van der Waals surface area contributed by atoms with E-state index in [1.54, 1.807) is 6.08 Å². The summed E-state index contributed by atoms with van der Waals surface area (Å²) < 4.78 is 7.63. The molecule has 134 valence electrons. The van der Waals surface area contributed by atoms with Crippen molar-refractivity contribution < 1.29 is 19.7 Å². The first-order valence-corrected chi connectivity index (χ1v) is 8.53. The summed E-state index contributed by atoms with van der Waals surface area (Å²) in [5.74, 6) is -0.678. The van der Waals surface area contributed by atoms with Crippen LogP contribution >= 0.6 is 0 Å². The van der Waals surface area contributed by atoms with Gasteiger partial charge >= 0.3 is 0 Å². The lowest BCUT2D eigenvalue weighted by Crippen LogP contribution is -1.98. The number of carbonyl (C=O) groups is 1. The first-order chi connectivity index (χ1) is 13.1. The van der Waals surface area contributed by atoms with E-state index in [-0.39, 0.29) is 28.6 Å². The molecule has 2 aromatic carbocycles. The second-order valence-corrected chi connectivity index (χ2v) is 6.33. The van der Waals surface area contributed by atoms with Gasteiger partial charge in [0.05, 0.1) is 6.07 Å². The van der Waals surface area contributed by atoms with E-state index in [2.05, 4.69) is 10.6 Å². The molecule has 27 heavy (non-hydrogen) atoms. The highest BCUT2D eigenvalue weighted by molar-refractivity contribution is 6.16. The lowest BCUT2D eigenvalue weighted by atomic mass is 10.1. The molecule has 2 heterocycles. The summed E-state index contributed by atoms with van der Waals surface area (Å²) in [4.78, 5) is 12.6. The number of rotatable bonds is 4. The Morgan fingerprint density at radius 2 is 2.04 bits per heavy atom. The summed E-state index contributed by atoms with van der Waals surface area (Å²) in [6, 6.07) is 12.4. The Hall–Kier alpha value is -3.72. The van der Waals surface area contributed by atoms with Gasteiger partial charge in [0.15, 0.2) is 5.76 Å². The fourth-order valence-electron chi connectivity index (χ4n) is 3.32. The van der Waals surface area contributed by atoms with Gasteiger partial charge in [0, 0.05) is 47.8 Å². The van der Waals surface area contributed by atoms with Crippen molar-refractivity contribution in [3.8, 4) is 23.3 Å². The maximum atomic E-state index is 12.6. The van der Waals surface area contributed by atoms with Gasteiger partial charge in [0.2, 0.25) is 5.78 Å². The number of fused-ring (bicyclic) bond motifs is 2. The Kier molecular flexibility index (Phi) is 4.05. The highest BCUT2D eigenvalue weighted by Crippen LogP contribution is 2.41. The second-order valence-electron chi connectivity index (χ2n) is 6.33. The van der Waals surface area contributed by atoms with Crippen molar-refractivity contribution in [1.29, 1.82) is 5.26 Å². The number of para-hydroxylation sites is 1. The second kappa shape index (κ2) is 6.54. The molecule has 1 aliphatic heterocycles. The zero-order chi connectivity index (χ0) is 19.0. The number of nitrogens with zero attached hydrogens (tertiary/aromatic N) is 2. The Labute approximate surface area is 155 Å². The molecule has 0 fully saturated rings. The average molecular weight is 360 g/mol. The van der Waals surface area contributed by atoms with Crippen LogP contribution in [0.5, 0.6) is 17.2 Å². The molecule has 0 saturated heterocycles. The van der Waals surface area contributed by atoms with Gasteiger partial charge in [-0.05, 0) is 18.6 Å². The zero-order valence-electron chi connectivity index (χ0n) is 14.3. The number of hydrogen-bond donors (Lipinski definition) is 2. The van der Waals surface area contributed by atoms with Crippen molar-refractivity contribution >= 4 is 22.8 Å². The van der Waals surface area contributed by atoms with E-state index in [1.165, 1.54) is 6.07 Å². The van der Waals surface area contributed by atoms with Crippen LogP contribution < -0.4 is 4.74 Å². The Morgan fingerprint density at radius 3 is 2.85 bits per heavy atom. The first-order valence-electron chi connectivity index (χ1n) is 8.53. The van der Waals surface area contributed by atoms with E-state index in [1.807, 2.05) is 30.5 Å². The van der Waals surface area contributed by atoms with Crippen LogP contribution in [0.4, 0.5) is 0 Å². The molecular weight excluding hydrogens is 344 g/mol. The molecule has 0 saturated carbocycles. The van der Waals surface area contributed by atoms with E-state index < -0.39 is 5.78 Å². The normalized spacial score (nSPS) is 14.3. The number of carbonyl (C=O) groups excluding carboxylic acids is 1. The third kappa shape index (κ3) is 2.89. The van der Waals surface area contributed by atoms with Gasteiger partial charge in [-0.3, -0.25) is 4.79 Å². The predicted octanol–water partition coefficient (Wildman–Crippen LogP) is 3.97. The van der Waals surface area contributed by atoms with Crippen LogP contribution in [0.2, 0.25) is 0 Å². The van der Waals surface area contributed by atoms with Crippen molar-refractivity contribution in [1.82, 2.24) is 4.57 Å². The summed E-state index contributed by atoms with van der Waals surface area (Å²) in [7, 11) is 0. The standard InChI is InChI=1S/C21H16N2O4/c22-7-3-4-8-23-12-13(15-5-1-2-6-16(15)23)9-19-21(26)20-17(25)10-14(24)11-18(20)27-19/h1-2,5-6,9-12,24-25H,3-4,8H2. The third-order valence-electron chi connectivity index (χ3n) is 4.53. The van der Waals surface area contributed by atoms with E-state index >= 15 is 0 Å². The lowest BCUT2D eigenvalue weighted by Gasteiger charge is -2.02. The minimum Gasteiger partial charge on any atom is -0.508 e. The van der Waals surface area contributed by atoms with E-state index in [9.17, 15) is 15.0 Å². The van der Waals surface area contributed by atoms with Crippen LogP contribution in [0.25, 0.3) is 17.0 Å². The van der Waals surface area contributed by atoms with Crippen LogP contribution in [0.1, 0.15) is 28.8 Å². The lowest BCUT2D eigenvalue weighted by molar-refractivity contribution is 0.101. The molecule has 0 unspecified atom stereocenters. The largest absolute Gasteiger partial charge is 0.508 e. The highest BCUT2D eigenvalue weighted by Gasteiger charge is 2.31. The molecule has 1 aromatic heterocycles. The van der Waals surface area contributed by atoms with Crippen LogP contribution in [0.3, 0.4) is 0 Å². The molecule has 0 radical (unpaired) electrons. The van der Waals surface area contributed by atoms with Gasteiger partial charge in [-0.1, -0.05) is 18.2 Å². The average Bonchev–Trinajstić information content (AvgIpc) is 3.14. The number of ketones is 1. The molecule has 0 aliphatic carbocycles. The number of Topliss-reactive ketones (excluding diaryl/α,β-unsaturated/α-hetero) is 1. The van der Waals surface area contributed by atoms with E-state index in [0.29, 0.717) is 13.0 Å². The topological polar surface area (TPSA) is 95.5 Å². The molecule has 0 amide bonds. The van der Waals surface area contributed by atoms with Gasteiger partial charge in [-0.25, -0.2) is 0 Å². The first kappa shape index (κ1) is 16.7. The Morgan fingerprint density at radius 1 is 1.22 bits per heavy atom. The molecule has 2 N–H and O–H groups in total. The number of aryl methyl sites for hydroxylation is 1. The van der Waals surface area contributed by atoms with Crippen molar-refractivity contribution in [2.45, 2.75) is 19.4 Å². The molecule has 6 nitrogen and oxygen atoms in total. The number of benzene rings is 2. The van der Waals surface area contributed by atoms with Gasteiger partial charge in [-0.15, -0.1) is 0 Å². The molecule has 4 rings (SSSR count). The summed E-state index contributed by atoms with van der Waals surface area (Å²) in [5, 5.41) is 29.2. The highest BCUT2D eigenvalue weighted by atomic mass is 16.5. The third-order valence-corrected chi connectivity index (χ3v) is 4.53. The van der Waals surface area contributed by atoms with Gasteiger partial charge in [-0.2, -0.15) is 5.26 Å². The maximum absolute atomic E-state index is 12.6. The number of unbranched alkanes of at least 4 members (excludes halogenated alkanes) is 1. The number of ether oxygens (including phenoxy) is 1. The molecule has 0 atom stereocenters. The van der Waals surface area contributed by atoms with Crippen LogP contribution in [0.15, 0.2) is 48.4 Å². The van der Waals surface area contributed by atoms with Crippen LogP contribution in [-0.2, 0) is 6.54 Å². The summed E-state index contributed by atoms with van der Waals surface area (Å²) >= 11 is 0. The van der Waals surface area contributed by atoms with Crippen LogP contribution in [0, 0.1) is 11.3 Å². The minimum atomic E-state index is -0.427. The van der Waals surface area contributed by atoms with Gasteiger partial charge in [0.25, 0.3) is 0 Å². The van der Waals surface area contributed by atoms with Crippen molar-refractivity contribution in [2.75, 3.05) is 0 Å². The summed E-state index contributed by atoms with van der Waals surface area (Å²) in [6.45, 7) is 0.695. The molecule has 0 spiro atoms. The molecule has 0 bridgehead atoms. The summed E-state index contributed by atoms with van der Waals surface area (Å²) in [5.41, 5.74) is 1.87. The number of aromatic hydroxyl groups is 2. The van der Waals surface area contributed by atoms with E-state index in [4.69, 9.17) is 10.00 Å². The fraction of sp³-hybridized carbons (Fsp3) is 0.143. The van der Waals surface area contributed by atoms with Crippen molar-refractivity contribution in [3.63, 3.8) is 0 Å². The maximum Gasteiger partial charge on any atom is 0.235 e.